The van der Waals surface area contributed by atoms with Gasteiger partial charge in [-0.2, -0.15) is 5.10 Å². The molecule has 0 bridgehead atoms. The molecule has 128 valence electrons. The van der Waals surface area contributed by atoms with Crippen molar-refractivity contribution >= 4 is 21.9 Å². The fourth-order valence-corrected chi connectivity index (χ4v) is 3.55. The van der Waals surface area contributed by atoms with Crippen molar-refractivity contribution < 1.29 is 0 Å². The normalized spacial score (nSPS) is 16.0. The van der Waals surface area contributed by atoms with Crippen molar-refractivity contribution in [3.63, 3.8) is 0 Å². The lowest BCUT2D eigenvalue weighted by Gasteiger charge is -2.17. The predicted molar refractivity (Wildman–Crippen MR) is 101 cm³/mol. The van der Waals surface area contributed by atoms with E-state index in [0.29, 0.717) is 0 Å². The number of benzene rings is 1. The topological polar surface area (TPSA) is 54.2 Å². The Labute approximate surface area is 151 Å². The fraction of sp³-hybridized carbons (Fsp3) is 0.444. The molecule has 0 radical (unpaired) electrons. The molecule has 0 spiro atoms. The molecule has 2 aromatic rings. The minimum Gasteiger partial charge on any atom is -0.357 e. The van der Waals surface area contributed by atoms with Gasteiger partial charge in [0.05, 0.1) is 13.1 Å². The van der Waals surface area contributed by atoms with Crippen molar-refractivity contribution in [2.45, 2.75) is 31.7 Å². The second kappa shape index (κ2) is 7.83. The number of halogens is 1. The Bertz CT molecular complexity index is 676. The highest BCUT2D eigenvalue weighted by atomic mass is 79.9. The van der Waals surface area contributed by atoms with E-state index in [9.17, 15) is 0 Å². The van der Waals surface area contributed by atoms with Crippen molar-refractivity contribution in [2.75, 3.05) is 19.6 Å². The standard InChI is InChI=1S/C18H24BrN5/c1-2-20-17(21-11-13-24-12-5-10-23-24)22-14-18(8-9-18)15-6-3-4-7-16(15)19/h3-7,10,12H,2,8-9,11,13-14H2,1H3,(H2,20,21,22). The minimum atomic E-state index is 0.199. The molecular weight excluding hydrogens is 366 g/mol. The first kappa shape index (κ1) is 17.0. The molecule has 0 amide bonds. The Morgan fingerprint density at radius 3 is 2.79 bits per heavy atom. The molecule has 2 N–H and O–H groups in total. The van der Waals surface area contributed by atoms with Crippen LogP contribution < -0.4 is 10.6 Å². The first-order valence-corrected chi connectivity index (χ1v) is 9.27. The SMILES string of the molecule is CCNC(=NCC1(c2ccccc2Br)CC1)NCCn1cccn1. The van der Waals surface area contributed by atoms with Gasteiger partial charge in [-0.3, -0.25) is 9.67 Å². The molecule has 24 heavy (non-hydrogen) atoms. The second-order valence-electron chi connectivity index (χ2n) is 6.15. The summed E-state index contributed by atoms with van der Waals surface area (Å²) in [5.74, 6) is 0.878. The number of nitrogens with zero attached hydrogens (tertiary/aromatic N) is 3. The first-order valence-electron chi connectivity index (χ1n) is 8.48. The van der Waals surface area contributed by atoms with Crippen LogP contribution in [0.25, 0.3) is 0 Å². The summed E-state index contributed by atoms with van der Waals surface area (Å²) in [6, 6.07) is 10.4. The average molecular weight is 390 g/mol. The van der Waals surface area contributed by atoms with Crippen LogP contribution in [0.15, 0.2) is 52.2 Å². The van der Waals surface area contributed by atoms with Crippen LogP contribution in [-0.4, -0.2) is 35.4 Å². The van der Waals surface area contributed by atoms with Gasteiger partial charge in [0.15, 0.2) is 5.96 Å². The number of aliphatic imine (C=N–C) groups is 1. The van der Waals surface area contributed by atoms with Crippen LogP contribution in [0.4, 0.5) is 0 Å². The molecule has 0 saturated heterocycles. The highest BCUT2D eigenvalue weighted by molar-refractivity contribution is 9.10. The molecule has 1 saturated carbocycles. The zero-order valence-corrected chi connectivity index (χ0v) is 15.6. The smallest absolute Gasteiger partial charge is 0.191 e. The third-order valence-corrected chi connectivity index (χ3v) is 5.07. The van der Waals surface area contributed by atoms with E-state index in [1.54, 1.807) is 6.20 Å². The third-order valence-electron chi connectivity index (χ3n) is 4.38. The predicted octanol–water partition coefficient (Wildman–Crippen LogP) is 2.93. The van der Waals surface area contributed by atoms with Gasteiger partial charge in [-0.05, 0) is 37.5 Å². The number of hydrogen-bond donors (Lipinski definition) is 2. The first-order chi connectivity index (χ1) is 11.7. The van der Waals surface area contributed by atoms with Gasteiger partial charge >= 0.3 is 0 Å². The largest absolute Gasteiger partial charge is 0.357 e. The monoisotopic (exact) mass is 389 g/mol. The van der Waals surface area contributed by atoms with E-state index in [0.717, 1.165) is 32.1 Å². The maximum atomic E-state index is 4.83. The highest BCUT2D eigenvalue weighted by Gasteiger charge is 2.45. The summed E-state index contributed by atoms with van der Waals surface area (Å²) in [5, 5.41) is 10.9. The lowest BCUT2D eigenvalue weighted by atomic mass is 9.96. The highest BCUT2D eigenvalue weighted by Crippen LogP contribution is 2.50. The molecule has 3 rings (SSSR count). The summed E-state index contributed by atoms with van der Waals surface area (Å²) in [7, 11) is 0. The van der Waals surface area contributed by atoms with Gasteiger partial charge in [-0.15, -0.1) is 0 Å². The van der Waals surface area contributed by atoms with Gasteiger partial charge < -0.3 is 10.6 Å². The van der Waals surface area contributed by atoms with Crippen molar-refractivity contribution in [3.8, 4) is 0 Å². The number of aromatic nitrogens is 2. The molecule has 1 aliphatic rings. The maximum Gasteiger partial charge on any atom is 0.191 e. The van der Waals surface area contributed by atoms with E-state index in [2.05, 4.69) is 62.9 Å². The number of hydrogen-bond acceptors (Lipinski definition) is 2. The molecule has 1 heterocycles. The van der Waals surface area contributed by atoms with E-state index in [1.165, 1.54) is 22.9 Å². The van der Waals surface area contributed by atoms with Gasteiger partial charge in [-0.1, -0.05) is 34.1 Å². The summed E-state index contributed by atoms with van der Waals surface area (Å²) in [6.45, 7) is 5.38. The summed E-state index contributed by atoms with van der Waals surface area (Å²) < 4.78 is 3.11. The van der Waals surface area contributed by atoms with Crippen LogP contribution in [0.3, 0.4) is 0 Å². The van der Waals surface area contributed by atoms with Gasteiger partial charge in [-0.25, -0.2) is 0 Å². The summed E-state index contributed by atoms with van der Waals surface area (Å²) >= 11 is 3.68. The Balaban J connectivity index is 1.60. The van der Waals surface area contributed by atoms with Crippen LogP contribution >= 0.6 is 15.9 Å². The zero-order chi connectivity index (χ0) is 16.8. The second-order valence-corrected chi connectivity index (χ2v) is 7.01. The molecule has 5 nitrogen and oxygen atoms in total. The van der Waals surface area contributed by atoms with Crippen molar-refractivity contribution in [2.24, 2.45) is 4.99 Å². The molecule has 0 atom stereocenters. The van der Waals surface area contributed by atoms with Gasteiger partial charge in [0, 0.05) is 35.4 Å². The quantitative estimate of drug-likeness (QED) is 0.565. The molecular formula is C18H24BrN5. The lowest BCUT2D eigenvalue weighted by molar-refractivity contribution is 0.596. The summed E-state index contributed by atoms with van der Waals surface area (Å²) in [4.78, 5) is 4.83. The minimum absolute atomic E-state index is 0.199. The maximum absolute atomic E-state index is 4.83. The van der Waals surface area contributed by atoms with Crippen LogP contribution in [0.5, 0.6) is 0 Å². The Hall–Kier alpha value is -1.82. The molecule has 1 aromatic heterocycles. The lowest BCUT2D eigenvalue weighted by Crippen LogP contribution is -2.39. The average Bonchev–Trinajstić information content (AvgIpc) is 3.19. The Morgan fingerprint density at radius 1 is 1.29 bits per heavy atom. The fourth-order valence-electron chi connectivity index (χ4n) is 2.85. The van der Waals surface area contributed by atoms with Crippen molar-refractivity contribution in [1.29, 1.82) is 0 Å². The van der Waals surface area contributed by atoms with Crippen LogP contribution in [-0.2, 0) is 12.0 Å². The van der Waals surface area contributed by atoms with Gasteiger partial charge in [0.25, 0.3) is 0 Å². The van der Waals surface area contributed by atoms with Gasteiger partial charge in [0.2, 0.25) is 0 Å². The van der Waals surface area contributed by atoms with E-state index in [1.807, 2.05) is 16.9 Å². The zero-order valence-electron chi connectivity index (χ0n) is 14.0. The number of rotatable bonds is 7. The van der Waals surface area contributed by atoms with E-state index >= 15 is 0 Å². The molecule has 1 aliphatic carbocycles. The van der Waals surface area contributed by atoms with E-state index < -0.39 is 0 Å². The summed E-state index contributed by atoms with van der Waals surface area (Å²) in [5.41, 5.74) is 1.57. The molecule has 0 unspecified atom stereocenters. The van der Waals surface area contributed by atoms with Crippen LogP contribution in [0.2, 0.25) is 0 Å². The molecule has 6 heteroatoms. The van der Waals surface area contributed by atoms with Crippen LogP contribution in [0.1, 0.15) is 25.3 Å². The number of nitrogens with one attached hydrogen (secondary N) is 2. The van der Waals surface area contributed by atoms with E-state index in [4.69, 9.17) is 4.99 Å². The molecule has 0 aliphatic heterocycles. The third kappa shape index (κ3) is 4.17. The Kier molecular flexibility index (Phi) is 5.56. The molecule has 1 fully saturated rings. The van der Waals surface area contributed by atoms with Crippen molar-refractivity contribution in [1.82, 2.24) is 20.4 Å². The Morgan fingerprint density at radius 2 is 2.12 bits per heavy atom. The van der Waals surface area contributed by atoms with Crippen LogP contribution in [0, 0.1) is 0 Å². The van der Waals surface area contributed by atoms with E-state index in [-0.39, 0.29) is 5.41 Å². The molecule has 1 aromatic carbocycles. The van der Waals surface area contributed by atoms with Crippen molar-refractivity contribution in [3.05, 3.63) is 52.8 Å². The van der Waals surface area contributed by atoms with Gasteiger partial charge in [0.1, 0.15) is 0 Å². The summed E-state index contributed by atoms with van der Waals surface area (Å²) in [6.07, 6.45) is 6.17. The number of guanidine groups is 1.